The van der Waals surface area contributed by atoms with Gasteiger partial charge in [0.15, 0.2) is 5.58 Å². The van der Waals surface area contributed by atoms with Gasteiger partial charge in [-0.15, -0.1) is 0 Å². The van der Waals surface area contributed by atoms with Crippen molar-refractivity contribution in [2.75, 3.05) is 5.32 Å². The summed E-state index contributed by atoms with van der Waals surface area (Å²) in [5.74, 6) is -0.646. The first-order valence-electron chi connectivity index (χ1n) is 8.04. The van der Waals surface area contributed by atoms with Gasteiger partial charge >= 0.3 is 5.76 Å². The minimum atomic E-state index is -0.462. The highest BCUT2D eigenvalue weighted by Crippen LogP contribution is 2.14. The molecule has 1 amide bonds. The second-order valence-corrected chi connectivity index (χ2v) is 5.67. The van der Waals surface area contributed by atoms with Crippen molar-refractivity contribution in [2.45, 2.75) is 13.0 Å². The predicted molar refractivity (Wildman–Crippen MR) is 95.1 cm³/mol. The number of nitrogens with one attached hydrogen (secondary N) is 1. The summed E-state index contributed by atoms with van der Waals surface area (Å²) in [7, 11) is 0. The summed E-state index contributed by atoms with van der Waals surface area (Å²) in [5.41, 5.74) is 2.71. The lowest BCUT2D eigenvalue weighted by molar-refractivity contribution is -0.116. The first kappa shape index (κ1) is 15.8. The zero-order valence-electron chi connectivity index (χ0n) is 13.7. The molecule has 0 atom stereocenters. The van der Waals surface area contributed by atoms with Gasteiger partial charge in [-0.25, -0.2) is 14.5 Å². The number of anilines is 1. The normalized spacial score (nSPS) is 10.9. The van der Waals surface area contributed by atoms with E-state index in [4.69, 9.17) is 4.42 Å². The van der Waals surface area contributed by atoms with Crippen LogP contribution in [0.4, 0.5) is 5.69 Å². The minimum absolute atomic E-state index is 0.161. The minimum Gasteiger partial charge on any atom is -0.408 e. The molecule has 0 saturated heterocycles. The van der Waals surface area contributed by atoms with Crippen molar-refractivity contribution in [2.24, 2.45) is 0 Å². The van der Waals surface area contributed by atoms with Crippen LogP contribution >= 0.6 is 0 Å². The maximum Gasteiger partial charge on any atom is 0.419 e. The molecule has 8 nitrogen and oxygen atoms in total. The highest BCUT2D eigenvalue weighted by molar-refractivity contribution is 5.90. The Hall–Kier alpha value is -3.68. The second kappa shape index (κ2) is 6.67. The number of hydrogen-bond donors (Lipinski definition) is 1. The molecule has 0 radical (unpaired) electrons. The van der Waals surface area contributed by atoms with Crippen LogP contribution in [0.25, 0.3) is 16.8 Å². The quantitative estimate of drug-likeness (QED) is 0.596. The van der Waals surface area contributed by atoms with Crippen molar-refractivity contribution in [3.63, 3.8) is 0 Å². The van der Waals surface area contributed by atoms with Gasteiger partial charge in [-0.05, 0) is 36.4 Å². The van der Waals surface area contributed by atoms with E-state index in [0.717, 1.165) is 5.69 Å². The molecule has 0 bridgehead atoms. The number of rotatable bonds is 5. The number of para-hydroxylation sites is 2. The number of benzene rings is 2. The fraction of sp³-hybridized carbons (Fsp3) is 0.111. The summed E-state index contributed by atoms with van der Waals surface area (Å²) < 4.78 is 8.25. The van der Waals surface area contributed by atoms with E-state index < -0.39 is 5.76 Å². The molecule has 2 aromatic heterocycles. The lowest BCUT2D eigenvalue weighted by atomic mass is 10.2. The zero-order valence-corrected chi connectivity index (χ0v) is 13.7. The molecular weight excluding hydrogens is 334 g/mol. The molecule has 0 aliphatic heterocycles. The van der Waals surface area contributed by atoms with Gasteiger partial charge in [0, 0.05) is 18.7 Å². The molecule has 4 rings (SSSR count). The number of carbonyl (C=O) groups excluding carboxylic acids is 1. The number of oxazole rings is 1. The Kier molecular flexibility index (Phi) is 4.06. The number of nitrogens with zero attached hydrogens (tertiary/aromatic N) is 4. The summed E-state index contributed by atoms with van der Waals surface area (Å²) in [6, 6.07) is 14.4. The fourth-order valence-corrected chi connectivity index (χ4v) is 2.70. The van der Waals surface area contributed by atoms with Crippen LogP contribution in [0.15, 0.2) is 70.4 Å². The van der Waals surface area contributed by atoms with E-state index in [-0.39, 0.29) is 18.9 Å². The number of carbonyl (C=O) groups is 1. The van der Waals surface area contributed by atoms with Crippen LogP contribution in [-0.2, 0) is 11.3 Å². The van der Waals surface area contributed by atoms with Crippen molar-refractivity contribution in [1.29, 1.82) is 0 Å². The molecular formula is C18H15N5O3. The van der Waals surface area contributed by atoms with Crippen molar-refractivity contribution < 1.29 is 9.21 Å². The summed E-state index contributed by atoms with van der Waals surface area (Å²) in [4.78, 5) is 28.0. The van der Waals surface area contributed by atoms with E-state index in [0.29, 0.717) is 16.8 Å². The third-order valence-corrected chi connectivity index (χ3v) is 3.97. The topological polar surface area (TPSA) is 94.9 Å². The van der Waals surface area contributed by atoms with E-state index in [1.54, 1.807) is 41.3 Å². The molecule has 2 aromatic carbocycles. The third-order valence-electron chi connectivity index (χ3n) is 3.97. The summed E-state index contributed by atoms with van der Waals surface area (Å²) in [6.07, 6.45) is 3.21. The maximum absolute atomic E-state index is 12.2. The van der Waals surface area contributed by atoms with Gasteiger partial charge in [-0.2, -0.15) is 5.10 Å². The molecule has 0 spiro atoms. The summed E-state index contributed by atoms with van der Waals surface area (Å²) in [5, 5.41) is 6.86. The first-order valence-corrected chi connectivity index (χ1v) is 8.04. The van der Waals surface area contributed by atoms with E-state index >= 15 is 0 Å². The summed E-state index contributed by atoms with van der Waals surface area (Å²) >= 11 is 0. The van der Waals surface area contributed by atoms with Gasteiger partial charge in [0.05, 0.1) is 11.2 Å². The largest absolute Gasteiger partial charge is 0.419 e. The highest BCUT2D eigenvalue weighted by atomic mass is 16.4. The molecule has 0 unspecified atom stereocenters. The predicted octanol–water partition coefficient (Wildman–Crippen LogP) is 2.20. The van der Waals surface area contributed by atoms with Crippen LogP contribution < -0.4 is 11.1 Å². The van der Waals surface area contributed by atoms with Crippen LogP contribution in [0, 0.1) is 0 Å². The van der Waals surface area contributed by atoms with Gasteiger partial charge in [-0.1, -0.05) is 12.1 Å². The van der Waals surface area contributed by atoms with Crippen LogP contribution in [0.2, 0.25) is 0 Å². The van der Waals surface area contributed by atoms with Gasteiger partial charge in [0.25, 0.3) is 0 Å². The molecule has 0 fully saturated rings. The Morgan fingerprint density at radius 1 is 1.12 bits per heavy atom. The lowest BCUT2D eigenvalue weighted by Gasteiger charge is -2.07. The molecule has 26 heavy (non-hydrogen) atoms. The van der Waals surface area contributed by atoms with Crippen LogP contribution in [-0.4, -0.2) is 25.2 Å². The van der Waals surface area contributed by atoms with Crippen LogP contribution in [0.3, 0.4) is 0 Å². The SMILES string of the molecule is O=C(CCn1c(=O)oc2ccccc21)Nc1ccc(-n2cncn2)cc1. The van der Waals surface area contributed by atoms with Crippen molar-refractivity contribution in [3.8, 4) is 5.69 Å². The summed E-state index contributed by atoms with van der Waals surface area (Å²) in [6.45, 7) is 0.249. The van der Waals surface area contributed by atoms with E-state index in [1.165, 1.54) is 10.9 Å². The number of fused-ring (bicyclic) bond motifs is 1. The van der Waals surface area contributed by atoms with Crippen molar-refractivity contribution >= 4 is 22.7 Å². The first-order chi connectivity index (χ1) is 12.7. The molecule has 8 heteroatoms. The molecule has 0 saturated carbocycles. The van der Waals surface area contributed by atoms with Gasteiger partial charge in [0.1, 0.15) is 12.7 Å². The molecule has 0 aliphatic rings. The monoisotopic (exact) mass is 349 g/mol. The number of aromatic nitrogens is 4. The lowest BCUT2D eigenvalue weighted by Crippen LogP contribution is -2.19. The smallest absolute Gasteiger partial charge is 0.408 e. The standard InChI is InChI=1S/C18H15N5O3/c24-17(9-10-22-15-3-1-2-4-16(15)26-18(22)25)21-13-5-7-14(8-6-13)23-12-19-11-20-23/h1-8,11-12H,9-10H2,(H,21,24). The fourth-order valence-electron chi connectivity index (χ4n) is 2.70. The molecule has 1 N–H and O–H groups in total. The second-order valence-electron chi connectivity index (χ2n) is 5.67. The Morgan fingerprint density at radius 2 is 1.92 bits per heavy atom. The Morgan fingerprint density at radius 3 is 2.69 bits per heavy atom. The molecule has 130 valence electrons. The van der Waals surface area contributed by atoms with E-state index in [1.807, 2.05) is 18.2 Å². The number of hydrogen-bond acceptors (Lipinski definition) is 5. The Labute approximate surface area is 147 Å². The average molecular weight is 349 g/mol. The van der Waals surface area contributed by atoms with Gasteiger partial charge < -0.3 is 9.73 Å². The Bertz CT molecular complexity index is 1090. The molecule has 4 aromatic rings. The van der Waals surface area contributed by atoms with Crippen molar-refractivity contribution in [1.82, 2.24) is 19.3 Å². The molecule has 2 heterocycles. The van der Waals surface area contributed by atoms with Crippen molar-refractivity contribution in [3.05, 3.63) is 71.7 Å². The van der Waals surface area contributed by atoms with E-state index in [2.05, 4.69) is 15.4 Å². The highest BCUT2D eigenvalue weighted by Gasteiger charge is 2.10. The zero-order chi connectivity index (χ0) is 17.9. The van der Waals surface area contributed by atoms with Crippen LogP contribution in [0.5, 0.6) is 0 Å². The maximum atomic E-state index is 12.2. The van der Waals surface area contributed by atoms with E-state index in [9.17, 15) is 9.59 Å². The third kappa shape index (κ3) is 3.12. The number of amides is 1. The molecule has 0 aliphatic carbocycles. The number of aryl methyl sites for hydroxylation is 1. The average Bonchev–Trinajstić information content (AvgIpc) is 3.28. The van der Waals surface area contributed by atoms with Gasteiger partial charge in [0.2, 0.25) is 5.91 Å². The Balaban J connectivity index is 1.41. The van der Waals surface area contributed by atoms with Crippen LogP contribution in [0.1, 0.15) is 6.42 Å². The van der Waals surface area contributed by atoms with Gasteiger partial charge in [-0.3, -0.25) is 9.36 Å².